The predicted molar refractivity (Wildman–Crippen MR) is 66.6 cm³/mol. The molecule has 0 aromatic heterocycles. The molecule has 2 unspecified atom stereocenters. The Morgan fingerprint density at radius 3 is 2.62 bits per heavy atom. The molecule has 2 fully saturated rings. The fourth-order valence-electron chi connectivity index (χ4n) is 2.98. The monoisotopic (exact) mass is 226 g/mol. The van der Waals surface area contributed by atoms with Crippen molar-refractivity contribution in [2.45, 2.75) is 51.2 Å². The molecule has 1 heterocycles. The lowest BCUT2D eigenvalue weighted by Gasteiger charge is -2.47. The summed E-state index contributed by atoms with van der Waals surface area (Å²) in [5, 5.41) is 3.69. The molecule has 3 heteroatoms. The van der Waals surface area contributed by atoms with E-state index < -0.39 is 0 Å². The predicted octanol–water partition coefficient (Wildman–Crippen LogP) is 1.48. The van der Waals surface area contributed by atoms with Gasteiger partial charge in [0, 0.05) is 37.8 Å². The molecule has 1 N–H and O–H groups in total. The van der Waals surface area contributed by atoms with E-state index in [4.69, 9.17) is 4.74 Å². The normalized spacial score (nSPS) is 33.0. The van der Waals surface area contributed by atoms with Gasteiger partial charge in [0.1, 0.15) is 0 Å². The van der Waals surface area contributed by atoms with E-state index >= 15 is 0 Å². The van der Waals surface area contributed by atoms with Gasteiger partial charge in [-0.2, -0.15) is 0 Å². The van der Waals surface area contributed by atoms with Crippen LogP contribution in [0.5, 0.6) is 0 Å². The zero-order valence-corrected chi connectivity index (χ0v) is 11.1. The smallest absolute Gasteiger partial charge is 0.0641 e. The first-order valence-corrected chi connectivity index (χ1v) is 6.53. The summed E-state index contributed by atoms with van der Waals surface area (Å²) in [5.74, 6) is 0.938. The number of methoxy groups -OCH3 is 1. The molecule has 0 amide bonds. The van der Waals surface area contributed by atoms with Gasteiger partial charge < -0.3 is 10.1 Å². The molecule has 1 aliphatic heterocycles. The molecular formula is C13H26N2O. The number of piperazine rings is 1. The van der Waals surface area contributed by atoms with Crippen molar-refractivity contribution in [3.8, 4) is 0 Å². The minimum absolute atomic E-state index is 0.156. The van der Waals surface area contributed by atoms with Gasteiger partial charge >= 0.3 is 0 Å². The first-order valence-electron chi connectivity index (χ1n) is 6.53. The van der Waals surface area contributed by atoms with Crippen LogP contribution in [0, 0.1) is 5.92 Å². The molecule has 0 aromatic rings. The average molecular weight is 226 g/mol. The second-order valence-electron chi connectivity index (χ2n) is 6.10. The lowest BCUT2D eigenvalue weighted by Crippen LogP contribution is -2.63. The van der Waals surface area contributed by atoms with Crippen LogP contribution < -0.4 is 5.32 Å². The molecule has 3 nitrogen and oxygen atoms in total. The third-order valence-electron chi connectivity index (χ3n) is 4.07. The molecule has 0 aromatic carbocycles. The van der Waals surface area contributed by atoms with Crippen LogP contribution in [0.25, 0.3) is 0 Å². The van der Waals surface area contributed by atoms with E-state index in [9.17, 15) is 0 Å². The molecular weight excluding hydrogens is 200 g/mol. The highest BCUT2D eigenvalue weighted by atomic mass is 16.5. The Morgan fingerprint density at radius 2 is 2.06 bits per heavy atom. The zero-order valence-electron chi connectivity index (χ0n) is 11.1. The molecule has 0 spiro atoms. The van der Waals surface area contributed by atoms with Gasteiger partial charge in [-0.15, -0.1) is 0 Å². The van der Waals surface area contributed by atoms with Crippen molar-refractivity contribution in [1.82, 2.24) is 10.2 Å². The quantitative estimate of drug-likeness (QED) is 0.786. The first-order chi connectivity index (χ1) is 7.54. The van der Waals surface area contributed by atoms with Crippen molar-refractivity contribution in [3.63, 3.8) is 0 Å². The van der Waals surface area contributed by atoms with E-state index in [1.807, 2.05) is 0 Å². The lowest BCUT2D eigenvalue weighted by molar-refractivity contribution is -0.0139. The molecule has 0 radical (unpaired) electrons. The van der Waals surface area contributed by atoms with Crippen LogP contribution in [0.1, 0.15) is 33.6 Å². The zero-order chi connectivity index (χ0) is 11.8. The number of hydrogen-bond donors (Lipinski definition) is 1. The highest BCUT2D eigenvalue weighted by Gasteiger charge is 2.40. The van der Waals surface area contributed by atoms with Crippen molar-refractivity contribution in [3.05, 3.63) is 0 Å². The number of ether oxygens (including phenoxy) is 1. The summed E-state index contributed by atoms with van der Waals surface area (Å²) in [4.78, 5) is 2.62. The van der Waals surface area contributed by atoms with Gasteiger partial charge in [0.05, 0.1) is 6.61 Å². The minimum atomic E-state index is 0.156. The summed E-state index contributed by atoms with van der Waals surface area (Å²) in [6, 6.07) is 1.33. The van der Waals surface area contributed by atoms with Gasteiger partial charge in [0.15, 0.2) is 0 Å². The third kappa shape index (κ3) is 2.58. The topological polar surface area (TPSA) is 24.5 Å². The highest BCUT2D eigenvalue weighted by molar-refractivity contribution is 4.97. The second kappa shape index (κ2) is 4.63. The number of nitrogens with zero attached hydrogens (tertiary/aromatic N) is 1. The maximum Gasteiger partial charge on any atom is 0.0641 e. The van der Waals surface area contributed by atoms with Gasteiger partial charge in [0.2, 0.25) is 0 Å². The standard InChI is InChI=1S/C13H26N2O/c1-10-7-14-12(11-5-6-11)8-15(10)13(2,3)9-16-4/h10-12,14H,5-9H2,1-4H3. The van der Waals surface area contributed by atoms with E-state index in [1.54, 1.807) is 7.11 Å². The maximum atomic E-state index is 5.36. The number of hydrogen-bond acceptors (Lipinski definition) is 3. The van der Waals surface area contributed by atoms with Crippen molar-refractivity contribution in [2.75, 3.05) is 26.8 Å². The van der Waals surface area contributed by atoms with Gasteiger partial charge in [-0.05, 0) is 39.5 Å². The molecule has 1 aliphatic carbocycles. The van der Waals surface area contributed by atoms with E-state index in [2.05, 4.69) is 31.0 Å². The molecule has 2 aliphatic rings. The Kier molecular flexibility index (Phi) is 3.57. The Morgan fingerprint density at radius 1 is 1.38 bits per heavy atom. The van der Waals surface area contributed by atoms with E-state index in [0.717, 1.165) is 19.1 Å². The Balaban J connectivity index is 1.99. The SMILES string of the molecule is COCC(C)(C)N1CC(C2CC2)NCC1C. The maximum absolute atomic E-state index is 5.36. The van der Waals surface area contributed by atoms with Crippen LogP contribution in [-0.4, -0.2) is 49.3 Å². The molecule has 16 heavy (non-hydrogen) atoms. The Labute approximate surface area is 99.5 Å². The van der Waals surface area contributed by atoms with Gasteiger partial charge in [-0.1, -0.05) is 0 Å². The van der Waals surface area contributed by atoms with Crippen LogP contribution in [0.3, 0.4) is 0 Å². The van der Waals surface area contributed by atoms with Crippen LogP contribution in [0.2, 0.25) is 0 Å². The van der Waals surface area contributed by atoms with Gasteiger partial charge in [-0.3, -0.25) is 4.90 Å². The Bertz CT molecular complexity index is 238. The Hall–Kier alpha value is -0.120. The summed E-state index contributed by atoms with van der Waals surface area (Å²) in [6.07, 6.45) is 2.84. The van der Waals surface area contributed by atoms with Crippen molar-refractivity contribution in [2.24, 2.45) is 5.92 Å². The third-order valence-corrected chi connectivity index (χ3v) is 4.07. The molecule has 2 atom stereocenters. The van der Waals surface area contributed by atoms with Gasteiger partial charge in [-0.25, -0.2) is 0 Å². The van der Waals surface area contributed by atoms with E-state index in [0.29, 0.717) is 12.1 Å². The fourth-order valence-corrected chi connectivity index (χ4v) is 2.98. The minimum Gasteiger partial charge on any atom is -0.383 e. The average Bonchev–Trinajstić information content (AvgIpc) is 3.01. The molecule has 0 bridgehead atoms. The molecule has 94 valence electrons. The second-order valence-corrected chi connectivity index (χ2v) is 6.10. The summed E-state index contributed by atoms with van der Waals surface area (Å²) >= 11 is 0. The highest BCUT2D eigenvalue weighted by Crippen LogP contribution is 2.35. The summed E-state index contributed by atoms with van der Waals surface area (Å²) in [5.41, 5.74) is 0.156. The van der Waals surface area contributed by atoms with Crippen molar-refractivity contribution in [1.29, 1.82) is 0 Å². The van der Waals surface area contributed by atoms with Crippen molar-refractivity contribution < 1.29 is 4.74 Å². The lowest BCUT2D eigenvalue weighted by atomic mass is 9.96. The fraction of sp³-hybridized carbons (Fsp3) is 1.00. The summed E-state index contributed by atoms with van der Waals surface area (Å²) in [6.45, 7) is 10.0. The van der Waals surface area contributed by atoms with Crippen LogP contribution in [0.15, 0.2) is 0 Å². The molecule has 1 saturated carbocycles. The number of rotatable bonds is 4. The summed E-state index contributed by atoms with van der Waals surface area (Å²) < 4.78 is 5.36. The van der Waals surface area contributed by atoms with Crippen LogP contribution in [-0.2, 0) is 4.74 Å². The van der Waals surface area contributed by atoms with Crippen molar-refractivity contribution >= 4 is 0 Å². The van der Waals surface area contributed by atoms with E-state index in [1.165, 1.54) is 19.4 Å². The van der Waals surface area contributed by atoms with Crippen LogP contribution >= 0.6 is 0 Å². The first kappa shape index (κ1) is 12.3. The number of nitrogens with one attached hydrogen (secondary N) is 1. The van der Waals surface area contributed by atoms with Crippen LogP contribution in [0.4, 0.5) is 0 Å². The largest absolute Gasteiger partial charge is 0.383 e. The summed E-state index contributed by atoms with van der Waals surface area (Å²) in [7, 11) is 1.80. The van der Waals surface area contributed by atoms with Gasteiger partial charge in [0.25, 0.3) is 0 Å². The van der Waals surface area contributed by atoms with E-state index in [-0.39, 0.29) is 5.54 Å². The molecule has 1 saturated heterocycles. The molecule has 2 rings (SSSR count).